The third kappa shape index (κ3) is 12.3. The fraction of sp³-hybridized carbons (Fsp3) is 0.412. The molecule has 0 amide bonds. The quantitative estimate of drug-likeness (QED) is 0.0999. The molecule has 0 unspecified atom stereocenters. The van der Waals surface area contributed by atoms with Crippen LogP contribution in [0.25, 0.3) is 10.9 Å². The second-order valence-electron chi connectivity index (χ2n) is 11.2. The number of rotatable bonds is 12. The van der Waals surface area contributed by atoms with Crippen LogP contribution in [-0.2, 0) is 6.42 Å². The predicted molar refractivity (Wildman–Crippen MR) is 178 cm³/mol. The van der Waals surface area contributed by atoms with Crippen molar-refractivity contribution in [1.29, 1.82) is 0 Å². The van der Waals surface area contributed by atoms with Crippen molar-refractivity contribution in [2.75, 3.05) is 37.4 Å². The first-order valence-electron chi connectivity index (χ1n) is 15.7. The molecule has 1 heterocycles. The lowest BCUT2D eigenvalue weighted by molar-refractivity contribution is -0.154. The molecule has 1 aliphatic carbocycles. The summed E-state index contributed by atoms with van der Waals surface area (Å²) in [5.41, 5.74) is 3.35. The van der Waals surface area contributed by atoms with Crippen molar-refractivity contribution in [3.63, 3.8) is 0 Å². The summed E-state index contributed by atoms with van der Waals surface area (Å²) in [4.78, 5) is 9.70. The lowest BCUT2D eigenvalue weighted by Crippen LogP contribution is -2.20. The maximum absolute atomic E-state index is 12.1. The topological polar surface area (TPSA) is 80.3 Å². The van der Waals surface area contributed by atoms with Crippen LogP contribution < -0.4 is 24.8 Å². The Morgan fingerprint density at radius 1 is 0.833 bits per heavy atom. The van der Waals surface area contributed by atoms with Gasteiger partial charge in [-0.05, 0) is 92.2 Å². The second kappa shape index (κ2) is 17.5. The third-order valence-electron chi connectivity index (χ3n) is 7.42. The highest BCUT2D eigenvalue weighted by atomic mass is 32.2. The average molecular weight is 696 g/mol. The summed E-state index contributed by atoms with van der Waals surface area (Å²) in [5.74, 6) is 2.09. The normalized spacial score (nSPS) is 13.8. The van der Waals surface area contributed by atoms with Crippen LogP contribution in [0.15, 0.2) is 71.6 Å². The fourth-order valence-electron chi connectivity index (χ4n) is 5.05. The molecule has 3 aromatic carbocycles. The number of hydrogen-bond acceptors (Lipinski definition) is 8. The lowest BCUT2D eigenvalue weighted by Gasteiger charge is -2.22. The Morgan fingerprint density at radius 2 is 1.52 bits per heavy atom. The van der Waals surface area contributed by atoms with Crippen LogP contribution in [-0.4, -0.2) is 49.1 Å². The van der Waals surface area contributed by atoms with Crippen LogP contribution in [0.2, 0.25) is 0 Å². The minimum Gasteiger partial charge on any atom is -0.484 e. The van der Waals surface area contributed by atoms with Crippen LogP contribution in [0.5, 0.6) is 11.5 Å². The van der Waals surface area contributed by atoms with Gasteiger partial charge >= 0.3 is 12.4 Å². The first-order valence-corrected chi connectivity index (χ1v) is 16.5. The van der Waals surface area contributed by atoms with Gasteiger partial charge in [0, 0.05) is 17.6 Å². The van der Waals surface area contributed by atoms with Crippen molar-refractivity contribution in [2.24, 2.45) is 5.92 Å². The molecule has 0 bridgehead atoms. The zero-order valence-corrected chi connectivity index (χ0v) is 27.5. The van der Waals surface area contributed by atoms with E-state index in [9.17, 15) is 26.3 Å². The Bertz CT molecular complexity index is 1580. The molecule has 0 aliphatic heterocycles. The van der Waals surface area contributed by atoms with Crippen LogP contribution in [0.4, 0.5) is 43.8 Å². The van der Waals surface area contributed by atoms with E-state index in [-0.39, 0.29) is 16.4 Å². The van der Waals surface area contributed by atoms with Crippen molar-refractivity contribution in [3.05, 3.63) is 72.3 Å². The zero-order valence-electron chi connectivity index (χ0n) is 26.7. The Balaban J connectivity index is 0.000000225. The van der Waals surface area contributed by atoms with Gasteiger partial charge < -0.3 is 20.1 Å². The molecule has 0 radical (unpaired) electrons. The van der Waals surface area contributed by atoms with E-state index in [2.05, 4.69) is 62.1 Å². The summed E-state index contributed by atoms with van der Waals surface area (Å²) in [6.45, 7) is 0.153. The number of hydrogen-bond donors (Lipinski definition) is 3. The SMILES string of the molecule is CCc1ccc(Nc2nc(NCC3CCCCC3)nc3ccccc23)cc1.CNSc1cc(OCC(F)(F)F)ccc1OCC(F)(F)F. The molecule has 0 spiro atoms. The number of para-hydroxylation sites is 1. The molecule has 14 heteroatoms. The molecule has 7 nitrogen and oxygen atoms in total. The lowest BCUT2D eigenvalue weighted by atomic mass is 9.89. The van der Waals surface area contributed by atoms with E-state index in [0.29, 0.717) is 5.95 Å². The van der Waals surface area contributed by atoms with Crippen molar-refractivity contribution in [2.45, 2.75) is 62.7 Å². The minimum atomic E-state index is -4.51. The Labute approximate surface area is 280 Å². The number of ether oxygens (including phenoxy) is 2. The van der Waals surface area contributed by atoms with E-state index in [1.807, 2.05) is 18.2 Å². The Morgan fingerprint density at radius 3 is 2.19 bits per heavy atom. The van der Waals surface area contributed by atoms with Crippen LogP contribution in [0.3, 0.4) is 0 Å². The number of nitrogens with zero attached hydrogens (tertiary/aromatic N) is 2. The number of aryl methyl sites for hydroxylation is 1. The zero-order chi connectivity index (χ0) is 34.6. The molecule has 0 atom stereocenters. The number of halogens is 6. The van der Waals surface area contributed by atoms with Gasteiger partial charge in [0.15, 0.2) is 13.2 Å². The van der Waals surface area contributed by atoms with E-state index in [1.54, 1.807) is 0 Å². The smallest absolute Gasteiger partial charge is 0.422 e. The molecule has 48 heavy (non-hydrogen) atoms. The van der Waals surface area contributed by atoms with Gasteiger partial charge in [0.2, 0.25) is 5.95 Å². The van der Waals surface area contributed by atoms with Gasteiger partial charge in [-0.15, -0.1) is 0 Å². The molecule has 1 aromatic heterocycles. The molecule has 5 rings (SSSR count). The Kier molecular flexibility index (Phi) is 13.4. The second-order valence-corrected chi connectivity index (χ2v) is 12.2. The summed E-state index contributed by atoms with van der Waals surface area (Å²) in [6.07, 6.45) is -1.24. The number of aromatic nitrogens is 2. The van der Waals surface area contributed by atoms with Gasteiger partial charge in [-0.2, -0.15) is 31.3 Å². The minimum absolute atomic E-state index is 0.106. The molecule has 0 saturated heterocycles. The third-order valence-corrected chi connectivity index (χ3v) is 8.17. The monoisotopic (exact) mass is 695 g/mol. The highest BCUT2D eigenvalue weighted by molar-refractivity contribution is 7.97. The highest BCUT2D eigenvalue weighted by Gasteiger charge is 2.30. The van der Waals surface area contributed by atoms with Gasteiger partial charge in [0.25, 0.3) is 0 Å². The summed E-state index contributed by atoms with van der Waals surface area (Å²) in [6, 6.07) is 20.1. The summed E-state index contributed by atoms with van der Waals surface area (Å²) >= 11 is 0.896. The largest absolute Gasteiger partial charge is 0.484 e. The highest BCUT2D eigenvalue weighted by Crippen LogP contribution is 2.33. The van der Waals surface area contributed by atoms with Crippen molar-refractivity contribution >= 4 is 40.3 Å². The Hall–Kier alpha value is -3.91. The maximum Gasteiger partial charge on any atom is 0.422 e. The molecule has 1 fully saturated rings. The molecule has 260 valence electrons. The number of alkyl halides is 6. The molecular weight excluding hydrogens is 656 g/mol. The molecule has 3 N–H and O–H groups in total. The van der Waals surface area contributed by atoms with Gasteiger partial charge in [0.1, 0.15) is 17.3 Å². The molecule has 1 aliphatic rings. The van der Waals surface area contributed by atoms with Gasteiger partial charge in [-0.3, -0.25) is 4.72 Å². The number of anilines is 3. The van der Waals surface area contributed by atoms with Gasteiger partial charge in [-0.25, -0.2) is 4.98 Å². The van der Waals surface area contributed by atoms with Crippen LogP contribution in [0.1, 0.15) is 44.6 Å². The van der Waals surface area contributed by atoms with E-state index in [1.165, 1.54) is 50.8 Å². The number of fused-ring (bicyclic) bond motifs is 1. The first-order chi connectivity index (χ1) is 22.9. The van der Waals surface area contributed by atoms with Crippen LogP contribution >= 0.6 is 11.9 Å². The molecular formula is C34H39F6N5O2S. The van der Waals surface area contributed by atoms with E-state index in [4.69, 9.17) is 9.97 Å². The first kappa shape index (κ1) is 36.9. The molecule has 1 saturated carbocycles. The standard InChI is InChI=1S/C23H28N4.C11H11F6NO2S/c1-2-17-12-14-19(15-13-17)25-22-20-10-6-7-11-21(20)26-23(27-22)24-16-18-8-4-3-5-9-18;1-18-21-9-4-7(19-5-10(12,13)14)2-3-8(9)20-6-11(15,16)17/h6-7,10-15,18H,2-5,8-9,16H2,1H3,(H2,24,25,26,27);2-4,18H,5-6H2,1H3. The number of benzene rings is 3. The van der Waals surface area contributed by atoms with Crippen LogP contribution in [0, 0.1) is 5.92 Å². The van der Waals surface area contributed by atoms with Gasteiger partial charge in [-0.1, -0.05) is 50.5 Å². The average Bonchev–Trinajstić information content (AvgIpc) is 3.06. The summed E-state index contributed by atoms with van der Waals surface area (Å²) in [5, 5.41) is 8.02. The van der Waals surface area contributed by atoms with Crippen molar-refractivity contribution < 1.29 is 35.8 Å². The molecule has 4 aromatic rings. The number of nitrogens with one attached hydrogen (secondary N) is 3. The van der Waals surface area contributed by atoms with Gasteiger partial charge in [0.05, 0.1) is 10.4 Å². The fourth-order valence-corrected chi connectivity index (χ4v) is 5.67. The van der Waals surface area contributed by atoms with E-state index < -0.39 is 25.6 Å². The van der Waals surface area contributed by atoms with Crippen molar-refractivity contribution in [3.8, 4) is 11.5 Å². The van der Waals surface area contributed by atoms with E-state index in [0.717, 1.165) is 65.4 Å². The summed E-state index contributed by atoms with van der Waals surface area (Å²) < 4.78 is 84.1. The van der Waals surface area contributed by atoms with E-state index >= 15 is 0 Å². The summed E-state index contributed by atoms with van der Waals surface area (Å²) in [7, 11) is 1.50. The van der Waals surface area contributed by atoms with Crippen molar-refractivity contribution in [1.82, 2.24) is 14.7 Å². The maximum atomic E-state index is 12.1. The predicted octanol–water partition coefficient (Wildman–Crippen LogP) is 9.72.